The average molecular weight is 222 g/mol. The van der Waals surface area contributed by atoms with E-state index < -0.39 is 6.10 Å². The minimum Gasteiger partial charge on any atom is -0.387 e. The van der Waals surface area contributed by atoms with Gasteiger partial charge in [0.15, 0.2) is 0 Å². The Hall–Kier alpha value is -1.25. The van der Waals surface area contributed by atoms with Crippen molar-refractivity contribution in [1.29, 1.82) is 0 Å². The van der Waals surface area contributed by atoms with Gasteiger partial charge in [-0.2, -0.15) is 0 Å². The van der Waals surface area contributed by atoms with Gasteiger partial charge in [0.25, 0.3) is 0 Å². The van der Waals surface area contributed by atoms with E-state index in [1.165, 1.54) is 0 Å². The number of halogens is 1. The van der Waals surface area contributed by atoms with Crippen molar-refractivity contribution in [2.45, 2.75) is 12.5 Å². The fourth-order valence-electron chi connectivity index (χ4n) is 1.55. The summed E-state index contributed by atoms with van der Waals surface area (Å²) >= 11 is 5.86. The van der Waals surface area contributed by atoms with E-state index in [0.29, 0.717) is 11.4 Å². The summed E-state index contributed by atoms with van der Waals surface area (Å²) in [5.41, 5.74) is 1.86. The molecule has 1 heterocycles. The largest absolute Gasteiger partial charge is 0.387 e. The van der Waals surface area contributed by atoms with Crippen LogP contribution < -0.4 is 0 Å². The smallest absolute Gasteiger partial charge is 0.0977 e. The molecular formula is C12H12ClNO. The summed E-state index contributed by atoms with van der Waals surface area (Å²) in [5, 5.41) is 10.6. The van der Waals surface area contributed by atoms with Gasteiger partial charge < -0.3 is 10.1 Å². The number of H-pyrrole nitrogens is 1. The maximum atomic E-state index is 9.88. The summed E-state index contributed by atoms with van der Waals surface area (Å²) in [7, 11) is 0. The monoisotopic (exact) mass is 221 g/mol. The van der Waals surface area contributed by atoms with Crippen LogP contribution in [0.15, 0.2) is 42.6 Å². The molecule has 0 aliphatic carbocycles. The first-order valence-corrected chi connectivity index (χ1v) is 5.19. The molecule has 2 aromatic rings. The van der Waals surface area contributed by atoms with E-state index in [4.69, 9.17) is 11.6 Å². The summed E-state index contributed by atoms with van der Waals surface area (Å²) in [5.74, 6) is 0. The lowest BCUT2D eigenvalue weighted by Gasteiger charge is -2.08. The minimum absolute atomic E-state index is 0.501. The Morgan fingerprint density at radius 2 is 2.13 bits per heavy atom. The van der Waals surface area contributed by atoms with Gasteiger partial charge in [0.05, 0.1) is 6.10 Å². The van der Waals surface area contributed by atoms with E-state index in [2.05, 4.69) is 4.98 Å². The first kappa shape index (κ1) is 10.3. The van der Waals surface area contributed by atoms with Gasteiger partial charge >= 0.3 is 0 Å². The number of benzene rings is 1. The summed E-state index contributed by atoms with van der Waals surface area (Å²) in [4.78, 5) is 2.99. The Labute approximate surface area is 93.5 Å². The molecule has 0 aliphatic rings. The highest BCUT2D eigenvalue weighted by molar-refractivity contribution is 6.30. The number of aliphatic hydroxyl groups excluding tert-OH is 1. The predicted molar refractivity (Wildman–Crippen MR) is 60.9 cm³/mol. The molecule has 0 saturated heterocycles. The molecule has 2 nitrogen and oxygen atoms in total. The van der Waals surface area contributed by atoms with E-state index in [0.717, 1.165) is 11.3 Å². The van der Waals surface area contributed by atoms with Crippen LogP contribution in [0.5, 0.6) is 0 Å². The van der Waals surface area contributed by atoms with Crippen molar-refractivity contribution in [2.75, 3.05) is 0 Å². The number of aromatic nitrogens is 1. The fraction of sp³-hybridized carbons (Fsp3) is 0.167. The standard InChI is InChI=1S/C12H12ClNO/c13-10-4-1-3-9(7-10)8-12(15)11-5-2-6-14-11/h1-7,12,14-15H,8H2. The van der Waals surface area contributed by atoms with E-state index in [1.807, 2.05) is 36.4 Å². The second-order valence-corrected chi connectivity index (χ2v) is 3.91. The second-order valence-electron chi connectivity index (χ2n) is 3.48. The highest BCUT2D eigenvalue weighted by atomic mass is 35.5. The van der Waals surface area contributed by atoms with E-state index in [-0.39, 0.29) is 0 Å². The predicted octanol–water partition coefficient (Wildman–Crippen LogP) is 2.94. The third kappa shape index (κ3) is 2.61. The van der Waals surface area contributed by atoms with Crippen molar-refractivity contribution in [1.82, 2.24) is 4.98 Å². The normalized spacial score (nSPS) is 12.7. The van der Waals surface area contributed by atoms with Gasteiger partial charge in [-0.25, -0.2) is 0 Å². The molecule has 1 unspecified atom stereocenters. The average Bonchev–Trinajstić information content (AvgIpc) is 2.70. The Morgan fingerprint density at radius 3 is 2.80 bits per heavy atom. The third-order valence-corrected chi connectivity index (χ3v) is 2.53. The van der Waals surface area contributed by atoms with Crippen molar-refractivity contribution in [2.24, 2.45) is 0 Å². The van der Waals surface area contributed by atoms with E-state index in [1.54, 1.807) is 6.20 Å². The third-order valence-electron chi connectivity index (χ3n) is 2.30. The van der Waals surface area contributed by atoms with Crippen molar-refractivity contribution >= 4 is 11.6 Å². The maximum Gasteiger partial charge on any atom is 0.0977 e. The van der Waals surface area contributed by atoms with Gasteiger partial charge in [0.1, 0.15) is 0 Å². The van der Waals surface area contributed by atoms with Gasteiger partial charge in [-0.3, -0.25) is 0 Å². The van der Waals surface area contributed by atoms with Gasteiger partial charge in [0.2, 0.25) is 0 Å². The Kier molecular flexibility index (Phi) is 3.09. The van der Waals surface area contributed by atoms with Crippen molar-refractivity contribution in [3.63, 3.8) is 0 Å². The van der Waals surface area contributed by atoms with Gasteiger partial charge in [-0.1, -0.05) is 23.7 Å². The molecule has 2 rings (SSSR count). The van der Waals surface area contributed by atoms with E-state index >= 15 is 0 Å². The molecule has 0 spiro atoms. The zero-order valence-electron chi connectivity index (χ0n) is 8.15. The van der Waals surface area contributed by atoms with Crippen molar-refractivity contribution in [3.05, 3.63) is 58.9 Å². The van der Waals surface area contributed by atoms with Crippen LogP contribution in [0.25, 0.3) is 0 Å². The molecule has 1 aromatic carbocycles. The highest BCUT2D eigenvalue weighted by Crippen LogP contribution is 2.18. The van der Waals surface area contributed by atoms with Gasteiger partial charge in [0, 0.05) is 23.3 Å². The van der Waals surface area contributed by atoms with Gasteiger partial charge in [-0.05, 0) is 29.8 Å². The Bertz CT molecular complexity index is 425. The van der Waals surface area contributed by atoms with Crippen LogP contribution in [0, 0.1) is 0 Å². The van der Waals surface area contributed by atoms with Crippen LogP contribution in [-0.4, -0.2) is 10.1 Å². The van der Waals surface area contributed by atoms with Crippen molar-refractivity contribution in [3.8, 4) is 0 Å². The number of hydrogen-bond donors (Lipinski definition) is 2. The number of nitrogens with one attached hydrogen (secondary N) is 1. The number of aromatic amines is 1. The lowest BCUT2D eigenvalue weighted by Crippen LogP contribution is -2.01. The summed E-state index contributed by atoms with van der Waals surface area (Å²) < 4.78 is 0. The Balaban J connectivity index is 2.09. The molecular weight excluding hydrogens is 210 g/mol. The SMILES string of the molecule is OC(Cc1cccc(Cl)c1)c1ccc[nH]1. The molecule has 78 valence electrons. The second kappa shape index (κ2) is 4.51. The van der Waals surface area contributed by atoms with Crippen LogP contribution in [0.4, 0.5) is 0 Å². The molecule has 2 N–H and O–H groups in total. The summed E-state index contributed by atoms with van der Waals surface area (Å²) in [6.45, 7) is 0. The number of rotatable bonds is 3. The molecule has 1 aromatic heterocycles. The molecule has 15 heavy (non-hydrogen) atoms. The highest BCUT2D eigenvalue weighted by Gasteiger charge is 2.08. The lowest BCUT2D eigenvalue weighted by molar-refractivity contribution is 0.174. The van der Waals surface area contributed by atoms with Gasteiger partial charge in [-0.15, -0.1) is 0 Å². The van der Waals surface area contributed by atoms with Crippen LogP contribution in [0.1, 0.15) is 17.4 Å². The summed E-state index contributed by atoms with van der Waals surface area (Å²) in [6, 6.07) is 11.3. The quantitative estimate of drug-likeness (QED) is 0.822. The topological polar surface area (TPSA) is 36.0 Å². The van der Waals surface area contributed by atoms with Crippen LogP contribution in [-0.2, 0) is 6.42 Å². The lowest BCUT2D eigenvalue weighted by atomic mass is 10.1. The molecule has 3 heteroatoms. The Morgan fingerprint density at radius 1 is 1.27 bits per heavy atom. The zero-order valence-corrected chi connectivity index (χ0v) is 8.91. The summed E-state index contributed by atoms with van der Waals surface area (Å²) in [6.07, 6.45) is 1.87. The molecule has 0 radical (unpaired) electrons. The number of aliphatic hydroxyl groups is 1. The molecule has 0 amide bonds. The van der Waals surface area contributed by atoms with Crippen molar-refractivity contribution < 1.29 is 5.11 Å². The molecule has 1 atom stereocenters. The van der Waals surface area contributed by atoms with Crippen LogP contribution in [0.3, 0.4) is 0 Å². The molecule has 0 aliphatic heterocycles. The molecule has 0 bridgehead atoms. The fourth-order valence-corrected chi connectivity index (χ4v) is 1.76. The molecule has 0 saturated carbocycles. The first-order chi connectivity index (χ1) is 7.25. The first-order valence-electron chi connectivity index (χ1n) is 4.81. The zero-order chi connectivity index (χ0) is 10.7. The maximum absolute atomic E-state index is 9.88. The molecule has 0 fully saturated rings. The number of hydrogen-bond acceptors (Lipinski definition) is 1. The van der Waals surface area contributed by atoms with Crippen LogP contribution in [0.2, 0.25) is 5.02 Å². The van der Waals surface area contributed by atoms with Crippen LogP contribution >= 0.6 is 11.6 Å². The minimum atomic E-state index is -0.501. The van der Waals surface area contributed by atoms with E-state index in [9.17, 15) is 5.11 Å².